The maximum Gasteiger partial charge on any atom is 0.251 e. The minimum atomic E-state index is -3.29. The first-order chi connectivity index (χ1) is 10.9. The largest absolute Gasteiger partial charge is 0.379 e. The highest BCUT2D eigenvalue weighted by molar-refractivity contribution is 7.88. The second-order valence-corrected chi connectivity index (χ2v) is 7.17. The van der Waals surface area contributed by atoms with E-state index in [4.69, 9.17) is 4.74 Å². The predicted molar refractivity (Wildman–Crippen MR) is 85.5 cm³/mol. The van der Waals surface area contributed by atoms with E-state index in [2.05, 4.69) is 19.9 Å². The van der Waals surface area contributed by atoms with Gasteiger partial charge in [-0.25, -0.2) is 13.1 Å². The Bertz CT molecular complexity index is 629. The number of rotatable bonds is 7. The summed E-state index contributed by atoms with van der Waals surface area (Å²) in [5.74, 6) is -0.193. The zero-order valence-electron chi connectivity index (χ0n) is 13.1. The summed E-state index contributed by atoms with van der Waals surface area (Å²) in [5, 5.41) is 2.86. The van der Waals surface area contributed by atoms with Crippen LogP contribution in [0.1, 0.15) is 16.1 Å². The van der Waals surface area contributed by atoms with Crippen molar-refractivity contribution in [1.82, 2.24) is 19.9 Å². The van der Waals surface area contributed by atoms with Crippen LogP contribution in [0.5, 0.6) is 0 Å². The monoisotopic (exact) mass is 342 g/mol. The summed E-state index contributed by atoms with van der Waals surface area (Å²) in [4.78, 5) is 18.4. The lowest BCUT2D eigenvalue weighted by Gasteiger charge is -2.26. The molecule has 2 heterocycles. The zero-order chi connectivity index (χ0) is 16.7. The van der Waals surface area contributed by atoms with Gasteiger partial charge in [-0.05, 0) is 12.1 Å². The summed E-state index contributed by atoms with van der Waals surface area (Å²) in [6, 6.07) is 3.19. The van der Waals surface area contributed by atoms with E-state index < -0.39 is 10.0 Å². The Kier molecular flexibility index (Phi) is 6.46. The van der Waals surface area contributed by atoms with Gasteiger partial charge in [0.05, 0.1) is 31.7 Å². The minimum absolute atomic E-state index is 0.0632. The normalized spacial score (nSPS) is 16.2. The molecular weight excluding hydrogens is 320 g/mol. The van der Waals surface area contributed by atoms with Gasteiger partial charge in [-0.1, -0.05) is 0 Å². The smallest absolute Gasteiger partial charge is 0.251 e. The van der Waals surface area contributed by atoms with Crippen LogP contribution >= 0.6 is 0 Å². The average Bonchev–Trinajstić information content (AvgIpc) is 2.53. The van der Waals surface area contributed by atoms with Gasteiger partial charge < -0.3 is 10.1 Å². The molecule has 0 aliphatic carbocycles. The summed E-state index contributed by atoms with van der Waals surface area (Å²) in [5.41, 5.74) is 0.962. The van der Waals surface area contributed by atoms with Crippen molar-refractivity contribution >= 4 is 15.9 Å². The number of carbonyl (C=O) groups excluding carboxylic acids is 1. The molecule has 1 aromatic rings. The fraction of sp³-hybridized carbons (Fsp3) is 0.571. The second kappa shape index (κ2) is 8.34. The van der Waals surface area contributed by atoms with E-state index in [0.717, 1.165) is 39.1 Å². The molecule has 128 valence electrons. The molecule has 9 heteroatoms. The zero-order valence-corrected chi connectivity index (χ0v) is 13.9. The second-order valence-electron chi connectivity index (χ2n) is 5.34. The molecule has 0 saturated carbocycles. The molecule has 1 saturated heterocycles. The van der Waals surface area contributed by atoms with Crippen LogP contribution in [0.15, 0.2) is 18.3 Å². The maximum atomic E-state index is 12.1. The molecule has 1 amide bonds. The van der Waals surface area contributed by atoms with Crippen molar-refractivity contribution in [2.45, 2.75) is 6.54 Å². The van der Waals surface area contributed by atoms with Gasteiger partial charge in [0.1, 0.15) is 0 Å². The molecule has 2 rings (SSSR count). The summed E-state index contributed by atoms with van der Waals surface area (Å²) < 4.78 is 29.8. The molecule has 1 fully saturated rings. The van der Waals surface area contributed by atoms with Crippen LogP contribution in [0.25, 0.3) is 0 Å². The summed E-state index contributed by atoms with van der Waals surface area (Å²) in [7, 11) is -3.29. The lowest BCUT2D eigenvalue weighted by atomic mass is 10.2. The number of morpholine rings is 1. The third-order valence-electron chi connectivity index (χ3n) is 3.41. The lowest BCUT2D eigenvalue weighted by Crippen LogP contribution is -2.41. The van der Waals surface area contributed by atoms with Crippen molar-refractivity contribution in [2.24, 2.45) is 0 Å². The molecule has 0 atom stereocenters. The molecule has 0 unspecified atom stereocenters. The number of hydrogen-bond donors (Lipinski definition) is 2. The molecule has 2 N–H and O–H groups in total. The van der Waals surface area contributed by atoms with Crippen LogP contribution in [0, 0.1) is 0 Å². The number of pyridine rings is 1. The Labute approximate surface area is 136 Å². The van der Waals surface area contributed by atoms with E-state index in [1.54, 1.807) is 12.1 Å². The van der Waals surface area contributed by atoms with Gasteiger partial charge in [-0.2, -0.15) is 0 Å². The van der Waals surface area contributed by atoms with Crippen molar-refractivity contribution in [1.29, 1.82) is 0 Å². The Balaban J connectivity index is 1.81. The topological polar surface area (TPSA) is 101 Å². The fourth-order valence-corrected chi connectivity index (χ4v) is 2.59. The van der Waals surface area contributed by atoms with Crippen molar-refractivity contribution in [3.05, 3.63) is 29.6 Å². The van der Waals surface area contributed by atoms with Crippen molar-refractivity contribution in [2.75, 3.05) is 45.6 Å². The number of hydrogen-bond acceptors (Lipinski definition) is 6. The molecule has 0 aromatic carbocycles. The first-order valence-electron chi connectivity index (χ1n) is 7.42. The van der Waals surface area contributed by atoms with E-state index in [9.17, 15) is 13.2 Å². The number of ether oxygens (including phenoxy) is 1. The van der Waals surface area contributed by atoms with Gasteiger partial charge in [-0.15, -0.1) is 0 Å². The molecule has 0 bridgehead atoms. The summed E-state index contributed by atoms with van der Waals surface area (Å²) in [6.45, 7) is 4.62. The average molecular weight is 342 g/mol. The van der Waals surface area contributed by atoms with Gasteiger partial charge in [-0.3, -0.25) is 14.7 Å². The Hall–Kier alpha value is -1.55. The van der Waals surface area contributed by atoms with Gasteiger partial charge in [0.15, 0.2) is 0 Å². The first kappa shape index (κ1) is 17.8. The van der Waals surface area contributed by atoms with Crippen LogP contribution in [0.4, 0.5) is 0 Å². The molecule has 0 spiro atoms. The van der Waals surface area contributed by atoms with Crippen LogP contribution in [-0.2, 0) is 21.3 Å². The molecule has 1 aliphatic heterocycles. The van der Waals surface area contributed by atoms with Gasteiger partial charge in [0, 0.05) is 37.9 Å². The fourth-order valence-electron chi connectivity index (χ4n) is 2.18. The molecular formula is C14H22N4O4S. The van der Waals surface area contributed by atoms with Gasteiger partial charge in [0.2, 0.25) is 10.0 Å². The van der Waals surface area contributed by atoms with Crippen molar-refractivity contribution < 1.29 is 17.9 Å². The first-order valence-corrected chi connectivity index (χ1v) is 9.31. The van der Waals surface area contributed by atoms with Crippen LogP contribution in [0.2, 0.25) is 0 Å². The molecule has 23 heavy (non-hydrogen) atoms. The standard InChI is InChI=1S/C14H22N4O4S/c1-23(20,21)17-11-13-10-12(2-3-15-13)14(19)16-4-5-18-6-8-22-9-7-18/h2-3,10,17H,4-9,11H2,1H3,(H,16,19). The van der Waals surface area contributed by atoms with E-state index in [0.29, 0.717) is 17.8 Å². The Morgan fingerprint density at radius 3 is 2.83 bits per heavy atom. The summed E-state index contributed by atoms with van der Waals surface area (Å²) in [6.07, 6.45) is 2.57. The quantitative estimate of drug-likeness (QED) is 0.672. The van der Waals surface area contributed by atoms with E-state index >= 15 is 0 Å². The number of nitrogens with one attached hydrogen (secondary N) is 2. The van der Waals surface area contributed by atoms with Crippen molar-refractivity contribution in [3.63, 3.8) is 0 Å². The maximum absolute atomic E-state index is 12.1. The third-order valence-corrected chi connectivity index (χ3v) is 4.08. The van der Waals surface area contributed by atoms with E-state index in [1.807, 2.05) is 0 Å². The van der Waals surface area contributed by atoms with E-state index in [1.165, 1.54) is 6.20 Å². The Morgan fingerprint density at radius 1 is 1.39 bits per heavy atom. The van der Waals surface area contributed by atoms with Gasteiger partial charge >= 0.3 is 0 Å². The van der Waals surface area contributed by atoms with Crippen LogP contribution in [0.3, 0.4) is 0 Å². The highest BCUT2D eigenvalue weighted by Gasteiger charge is 2.11. The highest BCUT2D eigenvalue weighted by Crippen LogP contribution is 2.02. The number of nitrogens with zero attached hydrogens (tertiary/aromatic N) is 2. The molecule has 1 aromatic heterocycles. The molecule has 0 radical (unpaired) electrons. The molecule has 1 aliphatic rings. The van der Waals surface area contributed by atoms with Crippen molar-refractivity contribution in [3.8, 4) is 0 Å². The number of sulfonamides is 1. The van der Waals surface area contributed by atoms with Crippen LogP contribution < -0.4 is 10.0 Å². The van der Waals surface area contributed by atoms with Gasteiger partial charge in [0.25, 0.3) is 5.91 Å². The predicted octanol–water partition coefficient (Wildman–Crippen LogP) is -0.807. The SMILES string of the molecule is CS(=O)(=O)NCc1cc(C(=O)NCCN2CCOCC2)ccn1. The summed E-state index contributed by atoms with van der Waals surface area (Å²) >= 11 is 0. The van der Waals surface area contributed by atoms with Crippen LogP contribution in [-0.4, -0.2) is 69.9 Å². The number of aromatic nitrogens is 1. The molecule has 8 nitrogen and oxygen atoms in total. The Morgan fingerprint density at radius 2 is 2.13 bits per heavy atom. The number of carbonyl (C=O) groups is 1. The highest BCUT2D eigenvalue weighted by atomic mass is 32.2. The number of amides is 1. The third kappa shape index (κ3) is 6.61. The minimum Gasteiger partial charge on any atom is -0.379 e. The lowest BCUT2D eigenvalue weighted by molar-refractivity contribution is 0.0383. The van der Waals surface area contributed by atoms with E-state index in [-0.39, 0.29) is 12.5 Å².